The van der Waals surface area contributed by atoms with Gasteiger partial charge in [-0.2, -0.15) is 0 Å². The molecule has 1 atom stereocenters. The normalized spacial score (nSPS) is 18.8. The van der Waals surface area contributed by atoms with Crippen molar-refractivity contribution in [3.63, 3.8) is 0 Å². The Hall–Kier alpha value is -0.640. The smallest absolute Gasteiger partial charge is 0.123 e. The van der Waals surface area contributed by atoms with Crippen LogP contribution in [0.15, 0.2) is 18.2 Å². The van der Waals surface area contributed by atoms with Crippen molar-refractivity contribution in [1.29, 1.82) is 0 Å². The molecule has 18 heavy (non-hydrogen) atoms. The van der Waals surface area contributed by atoms with Gasteiger partial charge in [-0.3, -0.25) is 0 Å². The first kappa shape index (κ1) is 13.8. The third-order valence-electron chi connectivity index (χ3n) is 3.60. The Kier molecular flexibility index (Phi) is 4.98. The molecule has 1 heterocycles. The second-order valence-corrected chi connectivity index (χ2v) is 5.26. The number of hydrogen-bond acceptors (Lipinski definition) is 2. The largest absolute Gasteiger partial charge is 0.381 e. The van der Waals surface area contributed by atoms with Crippen LogP contribution >= 0.6 is 11.6 Å². The van der Waals surface area contributed by atoms with Gasteiger partial charge in [-0.1, -0.05) is 11.6 Å². The first-order valence-corrected chi connectivity index (χ1v) is 6.79. The molecule has 1 unspecified atom stereocenters. The summed E-state index contributed by atoms with van der Waals surface area (Å²) in [7, 11) is 0. The highest BCUT2D eigenvalue weighted by Gasteiger charge is 2.20. The molecule has 1 aromatic carbocycles. The number of nitrogens with one attached hydrogen (secondary N) is 1. The summed E-state index contributed by atoms with van der Waals surface area (Å²) in [4.78, 5) is 0. The van der Waals surface area contributed by atoms with Gasteiger partial charge in [0.15, 0.2) is 0 Å². The van der Waals surface area contributed by atoms with Gasteiger partial charge < -0.3 is 10.1 Å². The first-order chi connectivity index (χ1) is 8.66. The monoisotopic (exact) mass is 271 g/mol. The van der Waals surface area contributed by atoms with Gasteiger partial charge in [0.05, 0.1) is 0 Å². The Labute approximate surface area is 112 Å². The van der Waals surface area contributed by atoms with E-state index in [1.807, 2.05) is 0 Å². The van der Waals surface area contributed by atoms with E-state index >= 15 is 0 Å². The zero-order valence-electron chi connectivity index (χ0n) is 10.6. The van der Waals surface area contributed by atoms with Crippen LogP contribution in [0.1, 0.15) is 25.3 Å². The zero-order valence-corrected chi connectivity index (χ0v) is 11.3. The number of benzene rings is 1. The average Bonchev–Trinajstić information content (AvgIpc) is 2.40. The van der Waals surface area contributed by atoms with E-state index in [9.17, 15) is 4.39 Å². The van der Waals surface area contributed by atoms with Gasteiger partial charge in [-0.05, 0) is 49.4 Å². The van der Waals surface area contributed by atoms with Crippen LogP contribution in [0.2, 0.25) is 5.02 Å². The van der Waals surface area contributed by atoms with Crippen LogP contribution in [-0.2, 0) is 11.3 Å². The minimum Gasteiger partial charge on any atom is -0.381 e. The summed E-state index contributed by atoms with van der Waals surface area (Å²) in [5.41, 5.74) is 0.815. The molecule has 1 aliphatic heterocycles. The lowest BCUT2D eigenvalue weighted by Crippen LogP contribution is -2.36. The molecule has 0 radical (unpaired) electrons. The van der Waals surface area contributed by atoms with Gasteiger partial charge in [0, 0.05) is 30.8 Å². The molecule has 0 amide bonds. The van der Waals surface area contributed by atoms with Crippen molar-refractivity contribution >= 4 is 11.6 Å². The number of hydrogen-bond donors (Lipinski definition) is 1. The van der Waals surface area contributed by atoms with Crippen LogP contribution in [0.3, 0.4) is 0 Å². The standard InChI is InChI=1S/C14H19ClFNO/c1-10(11-4-6-18-7-5-11)17-9-12-8-13(16)2-3-14(12)15/h2-3,8,10-11,17H,4-7,9H2,1H3. The summed E-state index contributed by atoms with van der Waals surface area (Å²) < 4.78 is 18.5. The van der Waals surface area contributed by atoms with E-state index in [-0.39, 0.29) is 5.82 Å². The molecule has 2 nitrogen and oxygen atoms in total. The molecule has 2 rings (SSSR count). The van der Waals surface area contributed by atoms with E-state index in [1.165, 1.54) is 12.1 Å². The lowest BCUT2D eigenvalue weighted by Gasteiger charge is -2.28. The summed E-state index contributed by atoms with van der Waals surface area (Å²) in [5.74, 6) is 0.390. The summed E-state index contributed by atoms with van der Waals surface area (Å²) in [5, 5.41) is 4.04. The molecule has 100 valence electrons. The van der Waals surface area contributed by atoms with E-state index < -0.39 is 0 Å². The van der Waals surface area contributed by atoms with E-state index in [0.29, 0.717) is 23.5 Å². The molecule has 1 N–H and O–H groups in total. The fourth-order valence-corrected chi connectivity index (χ4v) is 2.52. The van der Waals surface area contributed by atoms with Gasteiger partial charge >= 0.3 is 0 Å². The zero-order chi connectivity index (χ0) is 13.0. The highest BCUT2D eigenvalue weighted by atomic mass is 35.5. The van der Waals surface area contributed by atoms with Crippen molar-refractivity contribution in [2.45, 2.75) is 32.4 Å². The fourth-order valence-electron chi connectivity index (χ4n) is 2.33. The number of ether oxygens (including phenoxy) is 1. The predicted molar refractivity (Wildman–Crippen MR) is 71.3 cm³/mol. The predicted octanol–water partition coefficient (Wildman–Crippen LogP) is 3.38. The number of halogens is 2. The van der Waals surface area contributed by atoms with Crippen molar-refractivity contribution in [2.24, 2.45) is 5.92 Å². The Morgan fingerprint density at radius 3 is 2.89 bits per heavy atom. The Balaban J connectivity index is 1.88. The maximum Gasteiger partial charge on any atom is 0.123 e. The van der Waals surface area contributed by atoms with Crippen molar-refractivity contribution in [2.75, 3.05) is 13.2 Å². The van der Waals surface area contributed by atoms with Crippen LogP contribution in [0.25, 0.3) is 0 Å². The van der Waals surface area contributed by atoms with Gasteiger partial charge in [-0.15, -0.1) is 0 Å². The van der Waals surface area contributed by atoms with Crippen molar-refractivity contribution in [3.8, 4) is 0 Å². The average molecular weight is 272 g/mol. The summed E-state index contributed by atoms with van der Waals surface area (Å²) in [6.45, 7) is 4.47. The van der Waals surface area contributed by atoms with E-state index in [1.54, 1.807) is 6.07 Å². The van der Waals surface area contributed by atoms with Crippen LogP contribution in [0.5, 0.6) is 0 Å². The molecule has 1 aromatic rings. The van der Waals surface area contributed by atoms with Crippen LogP contribution in [-0.4, -0.2) is 19.3 Å². The topological polar surface area (TPSA) is 21.3 Å². The van der Waals surface area contributed by atoms with Gasteiger partial charge in [0.2, 0.25) is 0 Å². The van der Waals surface area contributed by atoms with Gasteiger partial charge in [0.1, 0.15) is 5.82 Å². The van der Waals surface area contributed by atoms with Crippen LogP contribution in [0.4, 0.5) is 4.39 Å². The minimum atomic E-state index is -0.241. The summed E-state index contributed by atoms with van der Waals surface area (Å²) >= 11 is 6.04. The van der Waals surface area contributed by atoms with Crippen LogP contribution < -0.4 is 5.32 Å². The molecule has 1 fully saturated rings. The third-order valence-corrected chi connectivity index (χ3v) is 3.96. The highest BCUT2D eigenvalue weighted by Crippen LogP contribution is 2.20. The van der Waals surface area contributed by atoms with Crippen LogP contribution in [0, 0.1) is 11.7 Å². The molecule has 0 aromatic heterocycles. The summed E-state index contributed by atoms with van der Waals surface area (Å²) in [6, 6.07) is 4.88. The third kappa shape index (κ3) is 3.67. The second-order valence-electron chi connectivity index (χ2n) is 4.86. The second kappa shape index (κ2) is 6.50. The molecule has 1 saturated heterocycles. The molecule has 4 heteroatoms. The molecule has 0 saturated carbocycles. The van der Waals surface area contributed by atoms with Crippen molar-refractivity contribution in [3.05, 3.63) is 34.6 Å². The maximum atomic E-state index is 13.1. The van der Waals surface area contributed by atoms with E-state index in [0.717, 1.165) is 31.6 Å². The van der Waals surface area contributed by atoms with Crippen molar-refractivity contribution < 1.29 is 9.13 Å². The lowest BCUT2D eigenvalue weighted by molar-refractivity contribution is 0.0558. The van der Waals surface area contributed by atoms with Gasteiger partial charge in [-0.25, -0.2) is 4.39 Å². The van der Waals surface area contributed by atoms with E-state index in [4.69, 9.17) is 16.3 Å². The molecule has 0 spiro atoms. The maximum absolute atomic E-state index is 13.1. The fraction of sp³-hybridized carbons (Fsp3) is 0.571. The molecular formula is C14H19ClFNO. The van der Waals surface area contributed by atoms with Gasteiger partial charge in [0.25, 0.3) is 0 Å². The Morgan fingerprint density at radius 2 is 2.17 bits per heavy atom. The lowest BCUT2D eigenvalue weighted by atomic mass is 9.93. The Morgan fingerprint density at radius 1 is 1.44 bits per heavy atom. The molecule has 0 bridgehead atoms. The van der Waals surface area contributed by atoms with E-state index in [2.05, 4.69) is 12.2 Å². The molecular weight excluding hydrogens is 253 g/mol. The quantitative estimate of drug-likeness (QED) is 0.906. The molecule has 1 aliphatic rings. The SMILES string of the molecule is CC(NCc1cc(F)ccc1Cl)C1CCOCC1. The van der Waals surface area contributed by atoms with Crippen molar-refractivity contribution in [1.82, 2.24) is 5.32 Å². The summed E-state index contributed by atoms with van der Waals surface area (Å²) in [6.07, 6.45) is 2.18. The molecule has 0 aliphatic carbocycles. The first-order valence-electron chi connectivity index (χ1n) is 6.42. The Bertz CT molecular complexity index is 393. The minimum absolute atomic E-state index is 0.241. The highest BCUT2D eigenvalue weighted by molar-refractivity contribution is 6.31. The number of rotatable bonds is 4.